The van der Waals surface area contributed by atoms with Crippen LogP contribution in [0.15, 0.2) is 0 Å². The Hall–Kier alpha value is 1.37. The molecule has 0 unspecified atom stereocenters. The number of benzene rings is 1. The molecule has 3 N–H and O–H groups in total. The number of fused-ring (bicyclic) bond motifs is 1. The molecule has 0 aliphatic rings. The molecular weight excluding hydrogens is 684 g/mol. The second-order valence-corrected chi connectivity index (χ2v) is 7.98. The van der Waals surface area contributed by atoms with Crippen LogP contribution < -0.4 is 11.1 Å². The molecule has 0 saturated carbocycles. The van der Waals surface area contributed by atoms with Crippen LogP contribution in [-0.4, -0.2) is 22.6 Å². The van der Waals surface area contributed by atoms with E-state index in [2.05, 4.69) is 105 Å². The van der Waals surface area contributed by atoms with E-state index < -0.39 is 0 Å². The Balaban J connectivity index is 2.72. The maximum Gasteiger partial charge on any atom is 0.203 e. The van der Waals surface area contributed by atoms with Crippen LogP contribution in [0.5, 0.6) is 0 Å². The summed E-state index contributed by atoms with van der Waals surface area (Å²) >= 11 is 9.54. The number of aryl methyl sites for hydroxylation is 1. The molecule has 1 aromatic heterocycles. The lowest BCUT2D eigenvalue weighted by molar-refractivity contribution is 0.913. The second-order valence-electron chi connectivity index (χ2n) is 3.66. The van der Waals surface area contributed by atoms with Crippen molar-refractivity contribution in [2.75, 3.05) is 18.4 Å². The van der Waals surface area contributed by atoms with Gasteiger partial charge in [-0.2, -0.15) is 0 Å². The monoisotopic (exact) mass is 694 g/mol. The number of halogens is 4. The minimum absolute atomic E-state index is 0.604. The summed E-state index contributed by atoms with van der Waals surface area (Å²) in [6, 6.07) is 0. The molecule has 0 aliphatic heterocycles. The van der Waals surface area contributed by atoms with E-state index in [0.29, 0.717) is 6.54 Å². The van der Waals surface area contributed by atoms with Gasteiger partial charge in [0.15, 0.2) is 0 Å². The predicted octanol–water partition coefficient (Wildman–Crippen LogP) is 3.36. The maximum atomic E-state index is 5.52. The van der Waals surface area contributed by atoms with E-state index in [9.17, 15) is 0 Å². The summed E-state index contributed by atoms with van der Waals surface area (Å²) in [7, 11) is 2.04. The van der Waals surface area contributed by atoms with E-state index in [1.807, 2.05) is 7.05 Å². The highest BCUT2D eigenvalue weighted by molar-refractivity contribution is 14.1. The quantitative estimate of drug-likeness (QED) is 0.295. The van der Waals surface area contributed by atoms with Gasteiger partial charge in [0.25, 0.3) is 0 Å². The number of nitrogens with one attached hydrogen (secondary N) is 1. The fourth-order valence-electron chi connectivity index (χ4n) is 1.65. The minimum Gasteiger partial charge on any atom is -0.354 e. The summed E-state index contributed by atoms with van der Waals surface area (Å²) in [5, 5.41) is 3.26. The number of imidazole rings is 1. The lowest BCUT2D eigenvalue weighted by atomic mass is 10.3. The molecule has 0 bridgehead atoms. The van der Waals surface area contributed by atoms with Crippen LogP contribution in [0.4, 0.5) is 5.95 Å². The highest BCUT2D eigenvalue weighted by atomic mass is 127. The van der Waals surface area contributed by atoms with Gasteiger partial charge in [-0.25, -0.2) is 4.98 Å². The van der Waals surface area contributed by atoms with Gasteiger partial charge in [-0.15, -0.1) is 0 Å². The normalized spacial score (nSPS) is 11.2. The minimum atomic E-state index is 0.604. The third-order valence-electron chi connectivity index (χ3n) is 2.52. The fraction of sp³-hybridized carbons (Fsp3) is 0.300. The molecule has 0 fully saturated rings. The van der Waals surface area contributed by atoms with Gasteiger partial charge in [-0.3, -0.25) is 0 Å². The third kappa shape index (κ3) is 2.72. The summed E-state index contributed by atoms with van der Waals surface area (Å²) in [6.45, 7) is 1.34. The molecule has 1 aromatic carbocycles. The van der Waals surface area contributed by atoms with E-state index in [-0.39, 0.29) is 0 Å². The van der Waals surface area contributed by atoms with Crippen LogP contribution in [0.25, 0.3) is 11.0 Å². The molecule has 18 heavy (non-hydrogen) atoms. The topological polar surface area (TPSA) is 55.9 Å². The molecule has 0 amide bonds. The zero-order valence-electron chi connectivity index (χ0n) is 9.40. The number of aromatic nitrogens is 2. The first-order chi connectivity index (χ1) is 8.49. The van der Waals surface area contributed by atoms with Gasteiger partial charge >= 0.3 is 0 Å². The average Bonchev–Trinajstić information content (AvgIpc) is 2.69. The largest absolute Gasteiger partial charge is 0.354 e. The fourth-order valence-corrected chi connectivity index (χ4v) is 5.26. The summed E-state index contributed by atoms with van der Waals surface area (Å²) in [4.78, 5) is 4.69. The van der Waals surface area contributed by atoms with E-state index >= 15 is 0 Å². The molecule has 98 valence electrons. The molecule has 2 rings (SSSR count). The Bertz CT molecular complexity index is 608. The first kappa shape index (κ1) is 15.8. The molecule has 1 heterocycles. The Kier molecular flexibility index (Phi) is 5.62. The SMILES string of the molecule is Cn1c(NCCN)nc2c(I)c(I)c(I)c(I)c21. The molecule has 0 spiro atoms. The van der Waals surface area contributed by atoms with Crippen molar-refractivity contribution in [3.63, 3.8) is 0 Å². The highest BCUT2D eigenvalue weighted by Gasteiger charge is 2.19. The first-order valence-electron chi connectivity index (χ1n) is 5.11. The van der Waals surface area contributed by atoms with Crippen molar-refractivity contribution >= 4 is 107 Å². The molecule has 2 aromatic rings. The number of nitrogens with two attached hydrogens (primary N) is 1. The van der Waals surface area contributed by atoms with Crippen LogP contribution >= 0.6 is 90.4 Å². The van der Waals surface area contributed by atoms with Crippen molar-refractivity contribution < 1.29 is 0 Å². The first-order valence-corrected chi connectivity index (χ1v) is 9.42. The second kappa shape index (κ2) is 6.43. The van der Waals surface area contributed by atoms with Crippen LogP contribution in [0, 0.1) is 14.3 Å². The molecule has 8 heteroatoms. The molecule has 4 nitrogen and oxygen atoms in total. The van der Waals surface area contributed by atoms with Gasteiger partial charge in [0.2, 0.25) is 5.95 Å². The Morgan fingerprint density at radius 3 is 2.33 bits per heavy atom. The highest BCUT2D eigenvalue weighted by Crippen LogP contribution is 2.35. The van der Waals surface area contributed by atoms with Crippen LogP contribution in [0.2, 0.25) is 0 Å². The summed E-state index contributed by atoms with van der Waals surface area (Å²) in [5.74, 6) is 0.879. The Morgan fingerprint density at radius 1 is 1.11 bits per heavy atom. The number of hydrogen-bond donors (Lipinski definition) is 2. The number of nitrogens with zero attached hydrogens (tertiary/aromatic N) is 2. The van der Waals surface area contributed by atoms with Crippen LogP contribution in [-0.2, 0) is 7.05 Å². The van der Waals surface area contributed by atoms with Crippen molar-refractivity contribution in [1.29, 1.82) is 0 Å². The van der Waals surface area contributed by atoms with Crippen molar-refractivity contribution in [3.05, 3.63) is 14.3 Å². The van der Waals surface area contributed by atoms with Crippen molar-refractivity contribution in [1.82, 2.24) is 9.55 Å². The zero-order valence-corrected chi connectivity index (χ0v) is 18.0. The number of anilines is 1. The molecular formula is C10H10I4N4. The number of hydrogen-bond acceptors (Lipinski definition) is 3. The smallest absolute Gasteiger partial charge is 0.203 e. The standard InChI is InChI=1S/C10H10I4N4/c1-18-9-7(14)5(12)4(11)6(13)8(9)17-10(18)16-3-2-15/h2-3,15H2,1H3,(H,16,17). The van der Waals surface area contributed by atoms with Gasteiger partial charge in [0.1, 0.15) is 5.52 Å². The molecule has 0 atom stereocenters. The van der Waals surface area contributed by atoms with Gasteiger partial charge < -0.3 is 15.6 Å². The van der Waals surface area contributed by atoms with Crippen molar-refractivity contribution in [3.8, 4) is 0 Å². The predicted molar refractivity (Wildman–Crippen MR) is 109 cm³/mol. The molecule has 0 radical (unpaired) electrons. The van der Waals surface area contributed by atoms with E-state index in [4.69, 9.17) is 5.73 Å². The average molecular weight is 694 g/mol. The van der Waals surface area contributed by atoms with E-state index in [0.717, 1.165) is 18.0 Å². The van der Waals surface area contributed by atoms with E-state index in [1.54, 1.807) is 0 Å². The van der Waals surface area contributed by atoms with Crippen molar-refractivity contribution in [2.24, 2.45) is 12.8 Å². The summed E-state index contributed by atoms with van der Waals surface area (Å²) in [5.41, 5.74) is 7.77. The molecule has 0 aliphatic carbocycles. The molecule has 0 saturated heterocycles. The summed E-state index contributed by atoms with van der Waals surface area (Å²) in [6.07, 6.45) is 0. The third-order valence-corrected chi connectivity index (χ3v) is 9.87. The Morgan fingerprint density at radius 2 is 1.72 bits per heavy atom. The Labute approximate surface area is 160 Å². The van der Waals surface area contributed by atoms with Gasteiger partial charge in [0.05, 0.1) is 12.7 Å². The lowest BCUT2D eigenvalue weighted by Crippen LogP contribution is -2.15. The maximum absolute atomic E-state index is 5.52. The number of rotatable bonds is 3. The van der Waals surface area contributed by atoms with Crippen molar-refractivity contribution in [2.45, 2.75) is 0 Å². The zero-order chi connectivity index (χ0) is 13.4. The van der Waals surface area contributed by atoms with E-state index in [1.165, 1.54) is 19.8 Å². The van der Waals surface area contributed by atoms with Gasteiger partial charge in [0, 0.05) is 27.3 Å². The van der Waals surface area contributed by atoms with Gasteiger partial charge in [-0.1, -0.05) is 0 Å². The van der Waals surface area contributed by atoms with Gasteiger partial charge in [-0.05, 0) is 90.4 Å². The lowest BCUT2D eigenvalue weighted by Gasteiger charge is -2.07. The van der Waals surface area contributed by atoms with Crippen LogP contribution in [0.1, 0.15) is 0 Å². The van der Waals surface area contributed by atoms with Crippen LogP contribution in [0.3, 0.4) is 0 Å². The summed E-state index contributed by atoms with van der Waals surface area (Å²) < 4.78 is 7.13.